The highest BCUT2D eigenvalue weighted by molar-refractivity contribution is 9.10. The van der Waals surface area contributed by atoms with E-state index < -0.39 is 0 Å². The van der Waals surface area contributed by atoms with Gasteiger partial charge in [0.2, 0.25) is 0 Å². The highest BCUT2D eigenvalue weighted by atomic mass is 79.9. The van der Waals surface area contributed by atoms with Gasteiger partial charge in [0.1, 0.15) is 5.75 Å². The van der Waals surface area contributed by atoms with Crippen LogP contribution in [0, 0.1) is 0 Å². The Morgan fingerprint density at radius 1 is 1.25 bits per heavy atom. The van der Waals surface area contributed by atoms with Crippen molar-refractivity contribution >= 4 is 28.1 Å². The SMILES string of the molecule is C[C@@H](CCc1ccccc1)NC(=O)COc1ccc(Br)cc1C=O. The van der Waals surface area contributed by atoms with E-state index in [4.69, 9.17) is 4.74 Å². The lowest BCUT2D eigenvalue weighted by Crippen LogP contribution is -2.36. The third kappa shape index (κ3) is 5.81. The first-order valence-electron chi connectivity index (χ1n) is 7.79. The summed E-state index contributed by atoms with van der Waals surface area (Å²) < 4.78 is 6.23. The Kier molecular flexibility index (Phi) is 7.00. The van der Waals surface area contributed by atoms with Crippen molar-refractivity contribution in [2.75, 3.05) is 6.61 Å². The topological polar surface area (TPSA) is 55.4 Å². The minimum absolute atomic E-state index is 0.0526. The lowest BCUT2D eigenvalue weighted by atomic mass is 10.1. The number of benzene rings is 2. The van der Waals surface area contributed by atoms with Crippen molar-refractivity contribution in [1.82, 2.24) is 5.32 Å². The van der Waals surface area contributed by atoms with Gasteiger partial charge in [-0.25, -0.2) is 0 Å². The van der Waals surface area contributed by atoms with Gasteiger partial charge in [0.15, 0.2) is 12.9 Å². The van der Waals surface area contributed by atoms with Gasteiger partial charge in [-0.15, -0.1) is 0 Å². The Bertz CT molecular complexity index is 688. The van der Waals surface area contributed by atoms with Gasteiger partial charge in [-0.05, 0) is 43.5 Å². The van der Waals surface area contributed by atoms with Gasteiger partial charge in [-0.3, -0.25) is 9.59 Å². The molecule has 24 heavy (non-hydrogen) atoms. The van der Waals surface area contributed by atoms with Gasteiger partial charge < -0.3 is 10.1 Å². The summed E-state index contributed by atoms with van der Waals surface area (Å²) in [5.41, 5.74) is 1.66. The number of hydrogen-bond donors (Lipinski definition) is 1. The predicted octanol–water partition coefficient (Wildman–Crippen LogP) is 3.78. The average Bonchev–Trinajstić information content (AvgIpc) is 2.59. The number of aldehydes is 1. The molecule has 0 spiro atoms. The lowest BCUT2D eigenvalue weighted by molar-refractivity contribution is -0.123. The zero-order valence-corrected chi connectivity index (χ0v) is 15.1. The molecule has 0 saturated heterocycles. The second-order valence-electron chi connectivity index (χ2n) is 5.58. The first-order chi connectivity index (χ1) is 11.6. The summed E-state index contributed by atoms with van der Waals surface area (Å²) in [4.78, 5) is 23.0. The number of halogens is 1. The molecule has 2 rings (SSSR count). The maximum atomic E-state index is 12.0. The molecule has 1 atom stereocenters. The van der Waals surface area contributed by atoms with Crippen molar-refractivity contribution < 1.29 is 14.3 Å². The van der Waals surface area contributed by atoms with E-state index in [1.807, 2.05) is 25.1 Å². The maximum absolute atomic E-state index is 12.0. The summed E-state index contributed by atoms with van der Waals surface area (Å²) in [5.74, 6) is 0.204. The number of aryl methyl sites for hydroxylation is 1. The van der Waals surface area contributed by atoms with Crippen LogP contribution in [0.4, 0.5) is 0 Å². The van der Waals surface area contributed by atoms with Crippen molar-refractivity contribution in [3.05, 3.63) is 64.1 Å². The molecular formula is C19H20BrNO3. The van der Waals surface area contributed by atoms with E-state index in [-0.39, 0.29) is 18.6 Å². The van der Waals surface area contributed by atoms with Gasteiger partial charge in [0, 0.05) is 10.5 Å². The van der Waals surface area contributed by atoms with Crippen molar-refractivity contribution in [3.8, 4) is 5.75 Å². The molecule has 4 nitrogen and oxygen atoms in total. The molecular weight excluding hydrogens is 370 g/mol. The van der Waals surface area contributed by atoms with Crippen LogP contribution >= 0.6 is 15.9 Å². The number of carbonyl (C=O) groups is 2. The number of rotatable bonds is 8. The van der Waals surface area contributed by atoms with Crippen LogP contribution in [-0.2, 0) is 11.2 Å². The second-order valence-corrected chi connectivity index (χ2v) is 6.50. The third-order valence-electron chi connectivity index (χ3n) is 3.57. The smallest absolute Gasteiger partial charge is 0.258 e. The summed E-state index contributed by atoms with van der Waals surface area (Å²) in [6.45, 7) is 1.86. The Hall–Kier alpha value is -2.14. The minimum Gasteiger partial charge on any atom is -0.483 e. The first-order valence-corrected chi connectivity index (χ1v) is 8.58. The molecule has 0 aliphatic rings. The van der Waals surface area contributed by atoms with Crippen molar-refractivity contribution in [2.24, 2.45) is 0 Å². The molecule has 2 aromatic carbocycles. The molecule has 0 aliphatic carbocycles. The van der Waals surface area contributed by atoms with Gasteiger partial charge in [-0.1, -0.05) is 46.3 Å². The van der Waals surface area contributed by atoms with E-state index in [0.29, 0.717) is 17.6 Å². The zero-order chi connectivity index (χ0) is 17.4. The Morgan fingerprint density at radius 3 is 2.71 bits per heavy atom. The van der Waals surface area contributed by atoms with Crippen LogP contribution in [0.1, 0.15) is 29.3 Å². The van der Waals surface area contributed by atoms with Crippen LogP contribution in [0.5, 0.6) is 5.75 Å². The van der Waals surface area contributed by atoms with Crippen LogP contribution in [0.2, 0.25) is 0 Å². The molecule has 0 aromatic heterocycles. The predicted molar refractivity (Wildman–Crippen MR) is 97.4 cm³/mol. The Labute approximate surface area is 150 Å². The summed E-state index contributed by atoms with van der Waals surface area (Å²) in [6, 6.07) is 15.3. The van der Waals surface area contributed by atoms with E-state index in [1.54, 1.807) is 18.2 Å². The highest BCUT2D eigenvalue weighted by Gasteiger charge is 2.10. The first kappa shape index (κ1) is 18.2. The normalized spacial score (nSPS) is 11.6. The van der Waals surface area contributed by atoms with Gasteiger partial charge >= 0.3 is 0 Å². The molecule has 0 saturated carbocycles. The fourth-order valence-electron chi connectivity index (χ4n) is 2.30. The highest BCUT2D eigenvalue weighted by Crippen LogP contribution is 2.21. The Morgan fingerprint density at radius 2 is 2.00 bits per heavy atom. The standard InChI is InChI=1S/C19H20BrNO3/c1-14(7-8-15-5-3-2-4-6-15)21-19(23)13-24-18-10-9-17(20)11-16(18)12-22/h2-6,9-12,14H,7-8,13H2,1H3,(H,21,23)/t14-/m0/s1. The molecule has 5 heteroatoms. The lowest BCUT2D eigenvalue weighted by Gasteiger charge is -2.15. The summed E-state index contributed by atoms with van der Waals surface area (Å²) >= 11 is 3.29. The molecule has 0 unspecified atom stereocenters. The molecule has 126 valence electrons. The summed E-state index contributed by atoms with van der Waals surface area (Å²) in [5, 5.41) is 2.91. The number of carbonyl (C=O) groups excluding carboxylic acids is 2. The van der Waals surface area contributed by atoms with Crippen molar-refractivity contribution in [2.45, 2.75) is 25.8 Å². The van der Waals surface area contributed by atoms with Gasteiger partial charge in [0.05, 0.1) is 5.56 Å². The van der Waals surface area contributed by atoms with Gasteiger partial charge in [0.25, 0.3) is 5.91 Å². The number of ether oxygens (including phenoxy) is 1. The average molecular weight is 390 g/mol. The molecule has 0 heterocycles. The number of nitrogens with one attached hydrogen (secondary N) is 1. The number of amides is 1. The molecule has 1 amide bonds. The van der Waals surface area contributed by atoms with E-state index in [0.717, 1.165) is 17.3 Å². The van der Waals surface area contributed by atoms with Crippen molar-refractivity contribution in [1.29, 1.82) is 0 Å². The Balaban J connectivity index is 1.77. The van der Waals surface area contributed by atoms with E-state index in [9.17, 15) is 9.59 Å². The van der Waals surface area contributed by atoms with Gasteiger partial charge in [-0.2, -0.15) is 0 Å². The monoisotopic (exact) mass is 389 g/mol. The molecule has 0 bridgehead atoms. The van der Waals surface area contributed by atoms with Crippen LogP contribution in [0.25, 0.3) is 0 Å². The fraction of sp³-hybridized carbons (Fsp3) is 0.263. The molecule has 0 radical (unpaired) electrons. The fourth-order valence-corrected chi connectivity index (χ4v) is 2.68. The molecule has 1 N–H and O–H groups in total. The van der Waals surface area contributed by atoms with Crippen LogP contribution in [0.3, 0.4) is 0 Å². The molecule has 0 aliphatic heterocycles. The van der Waals surface area contributed by atoms with Crippen LogP contribution in [0.15, 0.2) is 53.0 Å². The van der Waals surface area contributed by atoms with E-state index in [1.165, 1.54) is 5.56 Å². The molecule has 0 fully saturated rings. The largest absolute Gasteiger partial charge is 0.483 e. The zero-order valence-electron chi connectivity index (χ0n) is 13.5. The number of hydrogen-bond acceptors (Lipinski definition) is 3. The van der Waals surface area contributed by atoms with Crippen LogP contribution < -0.4 is 10.1 Å². The maximum Gasteiger partial charge on any atom is 0.258 e. The quantitative estimate of drug-likeness (QED) is 0.698. The summed E-state index contributed by atoms with van der Waals surface area (Å²) in [6.07, 6.45) is 2.47. The summed E-state index contributed by atoms with van der Waals surface area (Å²) in [7, 11) is 0. The minimum atomic E-state index is -0.199. The van der Waals surface area contributed by atoms with E-state index in [2.05, 4.69) is 33.4 Å². The third-order valence-corrected chi connectivity index (χ3v) is 4.07. The van der Waals surface area contributed by atoms with Crippen LogP contribution in [-0.4, -0.2) is 24.8 Å². The molecule has 2 aromatic rings. The van der Waals surface area contributed by atoms with Crippen molar-refractivity contribution in [3.63, 3.8) is 0 Å². The second kappa shape index (κ2) is 9.23. The van der Waals surface area contributed by atoms with E-state index >= 15 is 0 Å².